The number of fused-ring (bicyclic) bond motifs is 3. The van der Waals surface area contributed by atoms with Gasteiger partial charge in [-0.3, -0.25) is 4.40 Å². The molecule has 0 N–H and O–H groups in total. The quantitative estimate of drug-likeness (QED) is 0.713. The number of hydrogen-bond donors (Lipinski definition) is 0. The predicted octanol–water partition coefficient (Wildman–Crippen LogP) is 1.47. The molecule has 0 aromatic carbocycles. The second-order valence-electron chi connectivity index (χ2n) is 5.81. The van der Waals surface area contributed by atoms with Crippen LogP contribution < -0.4 is 4.90 Å². The van der Waals surface area contributed by atoms with Crippen molar-refractivity contribution in [2.24, 2.45) is 0 Å². The Labute approximate surface area is 132 Å². The summed E-state index contributed by atoms with van der Waals surface area (Å²) >= 11 is 6.05. The van der Waals surface area contributed by atoms with Crippen LogP contribution in [0.4, 0.5) is 5.82 Å². The van der Waals surface area contributed by atoms with Crippen LogP contribution in [0.15, 0.2) is 18.6 Å². The molecular formula is C14H16ClN7. The normalized spacial score (nSPS) is 18.9. The van der Waals surface area contributed by atoms with Crippen molar-refractivity contribution < 1.29 is 0 Å². The molecule has 1 fully saturated rings. The van der Waals surface area contributed by atoms with Crippen molar-refractivity contribution in [2.75, 3.05) is 32.1 Å². The number of pyridine rings is 1. The Morgan fingerprint density at radius 3 is 3.00 bits per heavy atom. The second-order valence-corrected chi connectivity index (χ2v) is 6.24. The van der Waals surface area contributed by atoms with E-state index < -0.39 is 0 Å². The molecule has 7 nitrogen and oxygen atoms in total. The SMILES string of the molecule is CN(C)[C@@H]1CCN(c2nc3ncc(Cl)cc3n3cnnc23)C1. The average Bonchev–Trinajstić information content (AvgIpc) is 3.16. The highest BCUT2D eigenvalue weighted by atomic mass is 35.5. The van der Waals surface area contributed by atoms with Gasteiger partial charge in [-0.1, -0.05) is 11.6 Å². The van der Waals surface area contributed by atoms with Crippen molar-refractivity contribution in [3.63, 3.8) is 0 Å². The molecule has 3 aromatic heterocycles. The monoisotopic (exact) mass is 317 g/mol. The molecule has 114 valence electrons. The summed E-state index contributed by atoms with van der Waals surface area (Å²) in [6, 6.07) is 2.36. The third kappa shape index (κ3) is 2.08. The van der Waals surface area contributed by atoms with E-state index in [1.54, 1.807) is 12.5 Å². The minimum atomic E-state index is 0.527. The summed E-state index contributed by atoms with van der Waals surface area (Å²) in [4.78, 5) is 13.6. The van der Waals surface area contributed by atoms with Crippen LogP contribution in [0, 0.1) is 0 Å². The minimum Gasteiger partial charge on any atom is -0.352 e. The van der Waals surface area contributed by atoms with E-state index >= 15 is 0 Å². The molecule has 0 radical (unpaired) electrons. The van der Waals surface area contributed by atoms with Crippen LogP contribution in [-0.4, -0.2) is 62.7 Å². The van der Waals surface area contributed by atoms with Gasteiger partial charge in [0.1, 0.15) is 6.33 Å². The second kappa shape index (κ2) is 5.03. The lowest BCUT2D eigenvalue weighted by atomic mass is 10.2. The zero-order chi connectivity index (χ0) is 15.3. The Morgan fingerprint density at radius 1 is 1.36 bits per heavy atom. The Bertz CT molecular complexity index is 844. The Kier molecular flexibility index (Phi) is 3.12. The molecular weight excluding hydrogens is 302 g/mol. The van der Waals surface area contributed by atoms with Crippen molar-refractivity contribution >= 4 is 34.2 Å². The molecule has 8 heteroatoms. The van der Waals surface area contributed by atoms with Gasteiger partial charge >= 0.3 is 0 Å². The average molecular weight is 318 g/mol. The summed E-state index contributed by atoms with van der Waals surface area (Å²) in [7, 11) is 4.22. The van der Waals surface area contributed by atoms with Crippen molar-refractivity contribution in [3.8, 4) is 0 Å². The number of aromatic nitrogens is 5. The Hall–Kier alpha value is -1.99. The van der Waals surface area contributed by atoms with Gasteiger partial charge in [0, 0.05) is 25.3 Å². The smallest absolute Gasteiger partial charge is 0.204 e. The van der Waals surface area contributed by atoms with Gasteiger partial charge in [-0.2, -0.15) is 0 Å². The molecule has 0 bridgehead atoms. The molecule has 0 unspecified atom stereocenters. The van der Waals surface area contributed by atoms with Gasteiger partial charge in [-0.25, -0.2) is 9.97 Å². The predicted molar refractivity (Wildman–Crippen MR) is 85.4 cm³/mol. The molecule has 1 aliphatic rings. The molecule has 1 aliphatic heterocycles. The van der Waals surface area contributed by atoms with E-state index in [2.05, 4.69) is 39.1 Å². The Morgan fingerprint density at radius 2 is 2.23 bits per heavy atom. The number of nitrogens with zero attached hydrogens (tertiary/aromatic N) is 7. The van der Waals surface area contributed by atoms with Crippen LogP contribution in [0.3, 0.4) is 0 Å². The summed E-state index contributed by atoms with van der Waals surface area (Å²) in [5.74, 6) is 0.837. The minimum absolute atomic E-state index is 0.527. The van der Waals surface area contributed by atoms with E-state index in [1.807, 2.05) is 10.5 Å². The third-order valence-corrected chi connectivity index (χ3v) is 4.43. The van der Waals surface area contributed by atoms with E-state index in [-0.39, 0.29) is 0 Å². The van der Waals surface area contributed by atoms with Crippen molar-refractivity contribution in [1.82, 2.24) is 29.5 Å². The zero-order valence-electron chi connectivity index (χ0n) is 12.4. The highest BCUT2D eigenvalue weighted by Gasteiger charge is 2.27. The largest absolute Gasteiger partial charge is 0.352 e. The summed E-state index contributed by atoms with van der Waals surface area (Å²) in [5, 5.41) is 8.84. The topological polar surface area (TPSA) is 62.5 Å². The molecule has 0 amide bonds. The fraction of sp³-hybridized carbons (Fsp3) is 0.429. The molecule has 1 saturated heterocycles. The molecule has 4 heterocycles. The fourth-order valence-corrected chi connectivity index (χ4v) is 3.12. The van der Waals surface area contributed by atoms with E-state index in [1.165, 1.54) is 0 Å². The number of halogens is 1. The first-order chi connectivity index (χ1) is 10.6. The molecule has 0 spiro atoms. The number of anilines is 1. The molecule has 4 rings (SSSR count). The first kappa shape index (κ1) is 13.7. The fourth-order valence-electron chi connectivity index (χ4n) is 2.97. The number of rotatable bonds is 2. The van der Waals surface area contributed by atoms with Gasteiger partial charge in [0.25, 0.3) is 0 Å². The van der Waals surface area contributed by atoms with E-state index in [4.69, 9.17) is 16.6 Å². The van der Waals surface area contributed by atoms with Crippen LogP contribution in [0.2, 0.25) is 5.02 Å². The van der Waals surface area contributed by atoms with Gasteiger partial charge in [-0.05, 0) is 26.6 Å². The zero-order valence-corrected chi connectivity index (χ0v) is 13.2. The van der Waals surface area contributed by atoms with Gasteiger partial charge in [0.2, 0.25) is 5.65 Å². The van der Waals surface area contributed by atoms with Crippen LogP contribution in [-0.2, 0) is 0 Å². The standard InChI is InChI=1S/C14H16ClN7/c1-20(2)10-3-4-21(7-10)13-14-19-17-8-22(14)11-5-9(15)6-16-12(11)18-13/h5-6,8,10H,3-4,7H2,1-2H3/t10-/m1/s1. The summed E-state index contributed by atoms with van der Waals surface area (Å²) in [5.41, 5.74) is 2.22. The van der Waals surface area contributed by atoms with Gasteiger partial charge in [-0.15, -0.1) is 10.2 Å². The molecule has 3 aromatic rings. The molecule has 22 heavy (non-hydrogen) atoms. The highest BCUT2D eigenvalue weighted by Crippen LogP contribution is 2.27. The van der Waals surface area contributed by atoms with Crippen molar-refractivity contribution in [2.45, 2.75) is 12.5 Å². The molecule has 0 aliphatic carbocycles. The first-order valence-corrected chi connectivity index (χ1v) is 7.57. The van der Waals surface area contributed by atoms with E-state index in [9.17, 15) is 0 Å². The summed E-state index contributed by atoms with van der Waals surface area (Å²) in [6.07, 6.45) is 4.41. The maximum absolute atomic E-state index is 6.05. The Balaban J connectivity index is 1.87. The molecule has 1 atom stereocenters. The van der Waals surface area contributed by atoms with Crippen LogP contribution >= 0.6 is 11.6 Å². The maximum Gasteiger partial charge on any atom is 0.204 e. The van der Waals surface area contributed by atoms with Crippen LogP contribution in [0.5, 0.6) is 0 Å². The lowest BCUT2D eigenvalue weighted by Gasteiger charge is -2.21. The van der Waals surface area contributed by atoms with Gasteiger partial charge in [0.05, 0.1) is 10.5 Å². The van der Waals surface area contributed by atoms with E-state index in [0.29, 0.717) is 16.7 Å². The highest BCUT2D eigenvalue weighted by molar-refractivity contribution is 6.31. The van der Waals surface area contributed by atoms with Crippen LogP contribution in [0.25, 0.3) is 16.8 Å². The first-order valence-electron chi connectivity index (χ1n) is 7.20. The lowest BCUT2D eigenvalue weighted by Crippen LogP contribution is -2.32. The van der Waals surface area contributed by atoms with Gasteiger partial charge in [0.15, 0.2) is 11.5 Å². The number of hydrogen-bond acceptors (Lipinski definition) is 6. The third-order valence-electron chi connectivity index (χ3n) is 4.23. The molecule has 0 saturated carbocycles. The van der Waals surface area contributed by atoms with Crippen LogP contribution in [0.1, 0.15) is 6.42 Å². The van der Waals surface area contributed by atoms with Crippen molar-refractivity contribution in [3.05, 3.63) is 23.6 Å². The van der Waals surface area contributed by atoms with E-state index in [0.717, 1.165) is 36.5 Å². The summed E-state index contributed by atoms with van der Waals surface area (Å²) in [6.45, 7) is 1.89. The van der Waals surface area contributed by atoms with Crippen molar-refractivity contribution in [1.29, 1.82) is 0 Å². The van der Waals surface area contributed by atoms with Gasteiger partial charge < -0.3 is 9.80 Å². The maximum atomic E-state index is 6.05. The summed E-state index contributed by atoms with van der Waals surface area (Å²) < 4.78 is 1.90. The lowest BCUT2D eigenvalue weighted by molar-refractivity contribution is 0.315. The number of likely N-dealkylation sites (N-methyl/N-ethyl adjacent to an activating group) is 1.